The number of pyridine rings is 1. The molecule has 1 saturated heterocycles. The minimum absolute atomic E-state index is 0.337. The van der Waals surface area contributed by atoms with E-state index in [9.17, 15) is 9.90 Å². The van der Waals surface area contributed by atoms with E-state index in [1.807, 2.05) is 31.5 Å². The minimum atomic E-state index is -0.903. The van der Waals surface area contributed by atoms with E-state index in [0.717, 1.165) is 54.0 Å². The second-order valence-corrected chi connectivity index (χ2v) is 9.43. The van der Waals surface area contributed by atoms with Gasteiger partial charge in [-0.1, -0.05) is 42.5 Å². The highest BCUT2D eigenvalue weighted by Crippen LogP contribution is 2.26. The zero-order chi connectivity index (χ0) is 24.9. The molecule has 0 unspecified atom stereocenters. The second kappa shape index (κ2) is 10.8. The molecule has 1 fully saturated rings. The van der Waals surface area contributed by atoms with Gasteiger partial charge >= 0.3 is 5.97 Å². The number of nitrogens with one attached hydrogen (secondary N) is 1. The standard InChI is InChI=1S/C30H31N3O3/c1-21-9-10-22(17-29(21)36-16-13-23-5-2-3-7-27(23)30(34)35)19-33-15-12-25(20-33)32-28-8-4-6-24-18-31-14-11-26(24)28/h2-11,14,17-18,25,32H,12-13,15-16,19-20H2,1H3,(H,34,35)/t25-/m1/s1. The minimum Gasteiger partial charge on any atom is -0.493 e. The first-order valence-corrected chi connectivity index (χ1v) is 12.4. The van der Waals surface area contributed by atoms with Crippen LogP contribution in [-0.2, 0) is 13.0 Å². The Morgan fingerprint density at radius 1 is 1.14 bits per heavy atom. The van der Waals surface area contributed by atoms with Crippen molar-refractivity contribution in [3.05, 3.63) is 101 Å². The van der Waals surface area contributed by atoms with Crippen molar-refractivity contribution < 1.29 is 14.6 Å². The molecule has 2 heterocycles. The van der Waals surface area contributed by atoms with Crippen molar-refractivity contribution in [1.82, 2.24) is 9.88 Å². The van der Waals surface area contributed by atoms with Crippen LogP contribution >= 0.6 is 0 Å². The number of ether oxygens (including phenoxy) is 1. The smallest absolute Gasteiger partial charge is 0.335 e. The summed E-state index contributed by atoms with van der Waals surface area (Å²) >= 11 is 0. The maximum atomic E-state index is 11.4. The van der Waals surface area contributed by atoms with Gasteiger partial charge in [-0.25, -0.2) is 4.79 Å². The third-order valence-corrected chi connectivity index (χ3v) is 6.85. The van der Waals surface area contributed by atoms with Crippen LogP contribution in [0.4, 0.5) is 5.69 Å². The van der Waals surface area contributed by atoms with Crippen LogP contribution in [0.15, 0.2) is 79.1 Å². The molecule has 0 aliphatic carbocycles. The first kappa shape index (κ1) is 23.8. The molecular weight excluding hydrogens is 450 g/mol. The molecule has 0 amide bonds. The summed E-state index contributed by atoms with van der Waals surface area (Å²) in [6.45, 7) is 5.37. The van der Waals surface area contributed by atoms with Gasteiger partial charge in [0.2, 0.25) is 0 Å². The number of anilines is 1. The lowest BCUT2D eigenvalue weighted by atomic mass is 10.1. The largest absolute Gasteiger partial charge is 0.493 e. The molecule has 0 spiro atoms. The number of fused-ring (bicyclic) bond motifs is 1. The molecule has 1 aromatic heterocycles. The van der Waals surface area contributed by atoms with E-state index in [4.69, 9.17) is 4.74 Å². The van der Waals surface area contributed by atoms with E-state index in [-0.39, 0.29) is 0 Å². The van der Waals surface area contributed by atoms with Crippen molar-refractivity contribution in [2.24, 2.45) is 0 Å². The number of carboxylic acid groups (broad SMARTS) is 1. The van der Waals surface area contributed by atoms with Gasteiger partial charge in [0.25, 0.3) is 0 Å². The summed E-state index contributed by atoms with van der Waals surface area (Å²) in [5.74, 6) is -0.0433. The number of benzene rings is 3. The number of aromatic carboxylic acids is 1. The van der Waals surface area contributed by atoms with Crippen LogP contribution in [-0.4, -0.2) is 46.7 Å². The zero-order valence-corrected chi connectivity index (χ0v) is 20.5. The summed E-state index contributed by atoms with van der Waals surface area (Å²) in [6, 6.07) is 22.3. The van der Waals surface area contributed by atoms with E-state index in [0.29, 0.717) is 24.6 Å². The number of likely N-dealkylation sites (tertiary alicyclic amines) is 1. The van der Waals surface area contributed by atoms with Crippen LogP contribution in [0, 0.1) is 6.92 Å². The maximum Gasteiger partial charge on any atom is 0.335 e. The van der Waals surface area contributed by atoms with Crippen molar-refractivity contribution in [3.8, 4) is 5.75 Å². The predicted octanol–water partition coefficient (Wildman–Crippen LogP) is 5.55. The molecule has 1 aliphatic heterocycles. The summed E-state index contributed by atoms with van der Waals surface area (Å²) in [4.78, 5) is 18.2. The number of aryl methyl sites for hydroxylation is 1. The number of hydrogen-bond donors (Lipinski definition) is 2. The molecule has 6 nitrogen and oxygen atoms in total. The molecule has 184 valence electrons. The van der Waals surface area contributed by atoms with Crippen molar-refractivity contribution in [2.75, 3.05) is 25.0 Å². The summed E-state index contributed by atoms with van der Waals surface area (Å²) in [5.41, 5.74) is 4.59. The average Bonchev–Trinajstić information content (AvgIpc) is 3.33. The lowest BCUT2D eigenvalue weighted by Crippen LogP contribution is -2.26. The Morgan fingerprint density at radius 3 is 2.92 bits per heavy atom. The van der Waals surface area contributed by atoms with Gasteiger partial charge in [-0.15, -0.1) is 0 Å². The molecule has 3 aromatic carbocycles. The second-order valence-electron chi connectivity index (χ2n) is 9.43. The molecule has 1 aliphatic rings. The normalized spacial score (nSPS) is 15.8. The Bertz CT molecular complexity index is 1370. The summed E-state index contributed by atoms with van der Waals surface area (Å²) in [7, 11) is 0. The highest BCUT2D eigenvalue weighted by Gasteiger charge is 2.23. The van der Waals surface area contributed by atoms with Gasteiger partial charge < -0.3 is 15.2 Å². The maximum absolute atomic E-state index is 11.4. The highest BCUT2D eigenvalue weighted by molar-refractivity contribution is 5.93. The van der Waals surface area contributed by atoms with E-state index in [1.165, 1.54) is 10.9 Å². The fraction of sp³-hybridized carbons (Fsp3) is 0.267. The third-order valence-electron chi connectivity index (χ3n) is 6.85. The number of nitrogens with zero attached hydrogens (tertiary/aromatic N) is 2. The fourth-order valence-electron chi connectivity index (χ4n) is 4.94. The molecule has 5 rings (SSSR count). The molecule has 0 radical (unpaired) electrons. The molecule has 0 saturated carbocycles. The molecule has 2 N–H and O–H groups in total. The van der Waals surface area contributed by atoms with Crippen LogP contribution in [0.1, 0.15) is 33.5 Å². The van der Waals surface area contributed by atoms with Crippen LogP contribution in [0.5, 0.6) is 5.75 Å². The Balaban J connectivity index is 1.18. The van der Waals surface area contributed by atoms with E-state index in [2.05, 4.69) is 57.7 Å². The van der Waals surface area contributed by atoms with Gasteiger partial charge in [-0.2, -0.15) is 0 Å². The monoisotopic (exact) mass is 481 g/mol. The van der Waals surface area contributed by atoms with Crippen LogP contribution < -0.4 is 10.1 Å². The lowest BCUT2D eigenvalue weighted by molar-refractivity contribution is 0.0695. The lowest BCUT2D eigenvalue weighted by Gasteiger charge is -2.19. The molecule has 36 heavy (non-hydrogen) atoms. The van der Waals surface area contributed by atoms with Gasteiger partial charge in [0.15, 0.2) is 0 Å². The van der Waals surface area contributed by atoms with Crippen molar-refractivity contribution >= 4 is 22.4 Å². The highest BCUT2D eigenvalue weighted by atomic mass is 16.5. The van der Waals surface area contributed by atoms with Crippen LogP contribution in [0.3, 0.4) is 0 Å². The van der Waals surface area contributed by atoms with Crippen LogP contribution in [0.2, 0.25) is 0 Å². The van der Waals surface area contributed by atoms with Crippen LogP contribution in [0.25, 0.3) is 10.8 Å². The third kappa shape index (κ3) is 5.50. The molecule has 0 bridgehead atoms. The Kier molecular flexibility index (Phi) is 7.14. The van der Waals surface area contributed by atoms with Gasteiger partial charge in [0.1, 0.15) is 5.75 Å². The van der Waals surface area contributed by atoms with Gasteiger partial charge in [-0.05, 0) is 54.3 Å². The first-order chi connectivity index (χ1) is 17.6. The fourth-order valence-corrected chi connectivity index (χ4v) is 4.94. The number of carbonyl (C=O) groups is 1. The summed E-state index contributed by atoms with van der Waals surface area (Å²) in [5, 5.41) is 15.5. The van der Waals surface area contributed by atoms with Gasteiger partial charge in [-0.3, -0.25) is 9.88 Å². The van der Waals surface area contributed by atoms with E-state index >= 15 is 0 Å². The van der Waals surface area contributed by atoms with Crippen molar-refractivity contribution in [1.29, 1.82) is 0 Å². The van der Waals surface area contributed by atoms with E-state index in [1.54, 1.807) is 12.1 Å². The summed E-state index contributed by atoms with van der Waals surface area (Å²) < 4.78 is 6.09. The molecule has 4 aromatic rings. The molecule has 1 atom stereocenters. The first-order valence-electron chi connectivity index (χ1n) is 12.4. The average molecular weight is 482 g/mol. The van der Waals surface area contributed by atoms with Crippen molar-refractivity contribution in [3.63, 3.8) is 0 Å². The Hall–Kier alpha value is -3.90. The molecule has 6 heteroatoms. The Morgan fingerprint density at radius 2 is 2.03 bits per heavy atom. The SMILES string of the molecule is Cc1ccc(CN2CC[C@@H](Nc3cccc4cnccc34)C2)cc1OCCc1ccccc1C(=O)O. The number of aromatic nitrogens is 1. The van der Waals surface area contributed by atoms with Gasteiger partial charge in [0.05, 0.1) is 12.2 Å². The number of rotatable bonds is 9. The Labute approximate surface area is 211 Å². The topological polar surface area (TPSA) is 74.7 Å². The predicted molar refractivity (Wildman–Crippen MR) is 143 cm³/mol. The number of hydrogen-bond acceptors (Lipinski definition) is 5. The van der Waals surface area contributed by atoms with E-state index < -0.39 is 5.97 Å². The zero-order valence-electron chi connectivity index (χ0n) is 20.5. The van der Waals surface area contributed by atoms with Crippen molar-refractivity contribution in [2.45, 2.75) is 32.4 Å². The molecular formula is C30H31N3O3. The quantitative estimate of drug-likeness (QED) is 0.327. The number of carboxylic acids is 1. The van der Waals surface area contributed by atoms with Gasteiger partial charge in [0, 0.05) is 61.0 Å². The summed E-state index contributed by atoms with van der Waals surface area (Å²) in [6.07, 6.45) is 5.40.